The molecule has 0 spiro atoms. The molecule has 2 aromatic carbocycles. The predicted octanol–water partition coefficient (Wildman–Crippen LogP) is 3.47. The maximum Gasteiger partial charge on any atom is 0.490 e. The van der Waals surface area contributed by atoms with Gasteiger partial charge < -0.3 is 29.8 Å². The van der Waals surface area contributed by atoms with Crippen LogP contribution in [-0.2, 0) is 39.1 Å². The summed E-state index contributed by atoms with van der Waals surface area (Å²) in [6.45, 7) is 3.04. The lowest BCUT2D eigenvalue weighted by molar-refractivity contribution is -0.192. The van der Waals surface area contributed by atoms with Crippen LogP contribution in [0.4, 0.5) is 13.2 Å². The first-order valence-corrected chi connectivity index (χ1v) is 11.3. The van der Waals surface area contributed by atoms with E-state index in [0.29, 0.717) is 31.1 Å². The molecule has 0 radical (unpaired) electrons. The topological polar surface area (TPSA) is 135 Å². The summed E-state index contributed by atoms with van der Waals surface area (Å²) in [5.74, 6) is -1.85. The Hall–Kier alpha value is -3.84. The molecule has 13 heteroatoms. The van der Waals surface area contributed by atoms with E-state index >= 15 is 0 Å². The van der Waals surface area contributed by atoms with Crippen LogP contribution in [0.1, 0.15) is 18.1 Å². The van der Waals surface area contributed by atoms with Crippen LogP contribution in [-0.4, -0.2) is 67.0 Å². The Morgan fingerprint density at radius 2 is 1.71 bits per heavy atom. The molecule has 0 aliphatic heterocycles. The molecule has 0 aliphatic rings. The quantitative estimate of drug-likeness (QED) is 0.391. The molecule has 208 valence electrons. The van der Waals surface area contributed by atoms with Crippen LogP contribution in [0.25, 0.3) is 22.0 Å². The first-order valence-electron chi connectivity index (χ1n) is 11.3. The SMILES string of the molecule is CCOCc1cc(OC)c(-c2ccc(CC(N)C(=O)OC)c3cnn(C)c23)c(OC)c1.O=C(O)C(F)(F)F. The highest BCUT2D eigenvalue weighted by molar-refractivity contribution is 5.99. The maximum absolute atomic E-state index is 11.8. The fraction of sp³-hybridized carbons (Fsp3) is 0.400. The summed E-state index contributed by atoms with van der Waals surface area (Å²) in [5.41, 5.74) is 10.5. The number of nitrogens with two attached hydrogens (primary N) is 1. The van der Waals surface area contributed by atoms with Crippen LogP contribution < -0.4 is 15.2 Å². The van der Waals surface area contributed by atoms with Gasteiger partial charge in [-0.2, -0.15) is 18.3 Å². The fourth-order valence-corrected chi connectivity index (χ4v) is 3.73. The normalized spacial score (nSPS) is 11.9. The number of fused-ring (bicyclic) bond motifs is 1. The van der Waals surface area contributed by atoms with Crippen molar-refractivity contribution in [3.05, 3.63) is 41.6 Å². The van der Waals surface area contributed by atoms with Gasteiger partial charge in [0, 0.05) is 24.6 Å². The minimum atomic E-state index is -5.08. The van der Waals surface area contributed by atoms with Crippen molar-refractivity contribution < 1.29 is 46.8 Å². The van der Waals surface area contributed by atoms with Crippen molar-refractivity contribution >= 4 is 22.8 Å². The first-order chi connectivity index (χ1) is 17.9. The summed E-state index contributed by atoms with van der Waals surface area (Å²) in [4.78, 5) is 20.7. The maximum atomic E-state index is 11.8. The van der Waals surface area contributed by atoms with Crippen LogP contribution in [0.2, 0.25) is 0 Å². The third-order valence-corrected chi connectivity index (χ3v) is 5.49. The van der Waals surface area contributed by atoms with Crippen LogP contribution in [0, 0.1) is 0 Å². The second-order valence-electron chi connectivity index (χ2n) is 7.95. The Morgan fingerprint density at radius 1 is 1.13 bits per heavy atom. The number of hydrogen-bond donors (Lipinski definition) is 2. The Balaban J connectivity index is 0.000000638. The Labute approximate surface area is 217 Å². The zero-order valence-electron chi connectivity index (χ0n) is 21.6. The second kappa shape index (κ2) is 13.1. The number of esters is 1. The second-order valence-corrected chi connectivity index (χ2v) is 7.95. The van der Waals surface area contributed by atoms with Crippen LogP contribution in [0.5, 0.6) is 11.5 Å². The van der Waals surface area contributed by atoms with E-state index in [4.69, 9.17) is 34.6 Å². The molecule has 3 rings (SSSR count). The van der Waals surface area contributed by atoms with E-state index in [1.165, 1.54) is 7.11 Å². The van der Waals surface area contributed by atoms with Crippen molar-refractivity contribution in [2.45, 2.75) is 32.2 Å². The number of hydrogen-bond acceptors (Lipinski definition) is 8. The van der Waals surface area contributed by atoms with Gasteiger partial charge in [0.05, 0.1) is 45.2 Å². The molecule has 3 aromatic rings. The standard InChI is InChI=1S/C23H29N3O5.C2HF3O2/c1-6-31-13-14-9-19(28-3)21(20(10-14)29-4)16-8-7-15(11-18(24)23(27)30-5)17-12-25-26(2)22(16)17;3-2(4,5)1(6)7/h7-10,12,18H,6,11,13,24H2,1-5H3;(H,6,7). The molecule has 0 bridgehead atoms. The summed E-state index contributed by atoms with van der Waals surface area (Å²) < 4.78 is 55.3. The molecule has 0 amide bonds. The number of aryl methyl sites for hydroxylation is 1. The van der Waals surface area contributed by atoms with E-state index in [9.17, 15) is 18.0 Å². The van der Waals surface area contributed by atoms with Gasteiger partial charge in [-0.3, -0.25) is 9.48 Å². The summed E-state index contributed by atoms with van der Waals surface area (Å²) >= 11 is 0. The minimum absolute atomic E-state index is 0.344. The number of carbonyl (C=O) groups excluding carboxylic acids is 1. The molecule has 1 unspecified atom stereocenters. The first kappa shape index (κ1) is 30.4. The molecule has 0 fully saturated rings. The van der Waals surface area contributed by atoms with Gasteiger partial charge >= 0.3 is 18.1 Å². The van der Waals surface area contributed by atoms with Gasteiger partial charge in [-0.05, 0) is 36.6 Å². The molecular formula is C25H30F3N3O7. The monoisotopic (exact) mass is 541 g/mol. The lowest BCUT2D eigenvalue weighted by Crippen LogP contribution is -2.33. The summed E-state index contributed by atoms with van der Waals surface area (Å²) in [6.07, 6.45) is -2.96. The van der Waals surface area contributed by atoms with E-state index in [2.05, 4.69) is 5.10 Å². The molecule has 0 saturated heterocycles. The van der Waals surface area contributed by atoms with Crippen molar-refractivity contribution in [1.29, 1.82) is 0 Å². The lowest BCUT2D eigenvalue weighted by atomic mass is 9.94. The molecular weight excluding hydrogens is 511 g/mol. The molecule has 0 saturated carbocycles. The van der Waals surface area contributed by atoms with Gasteiger partial charge in [-0.15, -0.1) is 0 Å². The van der Waals surface area contributed by atoms with Crippen molar-refractivity contribution in [3.8, 4) is 22.6 Å². The predicted molar refractivity (Wildman–Crippen MR) is 132 cm³/mol. The summed E-state index contributed by atoms with van der Waals surface area (Å²) in [7, 11) is 6.47. The average molecular weight is 542 g/mol. The van der Waals surface area contributed by atoms with Gasteiger partial charge in [0.1, 0.15) is 17.5 Å². The molecule has 38 heavy (non-hydrogen) atoms. The zero-order chi connectivity index (χ0) is 28.6. The lowest BCUT2D eigenvalue weighted by Gasteiger charge is -2.18. The number of nitrogens with zero attached hydrogens (tertiary/aromatic N) is 2. The zero-order valence-corrected chi connectivity index (χ0v) is 21.6. The van der Waals surface area contributed by atoms with E-state index in [0.717, 1.165) is 33.2 Å². The number of halogens is 3. The largest absolute Gasteiger partial charge is 0.496 e. The number of carboxylic acid groups (broad SMARTS) is 1. The average Bonchev–Trinajstić information content (AvgIpc) is 3.28. The summed E-state index contributed by atoms with van der Waals surface area (Å²) in [6, 6.07) is 7.09. The number of alkyl halides is 3. The number of benzene rings is 2. The Bertz CT molecular complexity index is 1250. The highest BCUT2D eigenvalue weighted by Crippen LogP contribution is 2.43. The fourth-order valence-electron chi connectivity index (χ4n) is 3.73. The Morgan fingerprint density at radius 3 is 2.18 bits per heavy atom. The number of carboxylic acids is 1. The number of aromatic nitrogens is 2. The minimum Gasteiger partial charge on any atom is -0.496 e. The summed E-state index contributed by atoms with van der Waals surface area (Å²) in [5, 5.41) is 12.5. The van der Waals surface area contributed by atoms with E-state index in [1.807, 2.05) is 38.2 Å². The third-order valence-electron chi connectivity index (χ3n) is 5.49. The number of rotatable bonds is 9. The molecule has 1 heterocycles. The number of carbonyl (C=O) groups is 2. The van der Waals surface area contributed by atoms with Gasteiger partial charge in [-0.25, -0.2) is 4.79 Å². The number of ether oxygens (including phenoxy) is 4. The van der Waals surface area contributed by atoms with E-state index < -0.39 is 24.2 Å². The molecule has 0 aliphatic carbocycles. The molecule has 3 N–H and O–H groups in total. The number of aliphatic carboxylic acids is 1. The highest BCUT2D eigenvalue weighted by Gasteiger charge is 2.38. The molecule has 1 atom stereocenters. The van der Waals surface area contributed by atoms with Crippen LogP contribution >= 0.6 is 0 Å². The van der Waals surface area contributed by atoms with Crippen molar-refractivity contribution in [2.24, 2.45) is 12.8 Å². The van der Waals surface area contributed by atoms with Gasteiger partial charge in [0.25, 0.3) is 0 Å². The third kappa shape index (κ3) is 7.13. The van der Waals surface area contributed by atoms with Crippen molar-refractivity contribution in [2.75, 3.05) is 27.9 Å². The van der Waals surface area contributed by atoms with Crippen molar-refractivity contribution in [1.82, 2.24) is 9.78 Å². The van der Waals surface area contributed by atoms with E-state index in [-0.39, 0.29) is 0 Å². The van der Waals surface area contributed by atoms with Crippen molar-refractivity contribution in [3.63, 3.8) is 0 Å². The van der Waals surface area contributed by atoms with Crippen LogP contribution in [0.15, 0.2) is 30.5 Å². The van der Waals surface area contributed by atoms with Crippen LogP contribution in [0.3, 0.4) is 0 Å². The van der Waals surface area contributed by atoms with E-state index in [1.54, 1.807) is 25.1 Å². The van der Waals surface area contributed by atoms with Gasteiger partial charge in [0.15, 0.2) is 0 Å². The van der Waals surface area contributed by atoms with Gasteiger partial charge in [0.2, 0.25) is 0 Å². The molecule has 10 nitrogen and oxygen atoms in total. The number of methoxy groups -OCH3 is 3. The van der Waals surface area contributed by atoms with Gasteiger partial charge in [-0.1, -0.05) is 12.1 Å². The molecule has 1 aromatic heterocycles. The highest BCUT2D eigenvalue weighted by atomic mass is 19.4. The Kier molecular flexibility index (Phi) is 10.5. The smallest absolute Gasteiger partial charge is 0.490 e.